The lowest BCUT2D eigenvalue weighted by atomic mass is 10.2. The Labute approximate surface area is 116 Å². The van der Waals surface area contributed by atoms with Crippen LogP contribution in [0.4, 0.5) is 13.2 Å². The summed E-state index contributed by atoms with van der Waals surface area (Å²) in [5.74, 6) is -0.328. The molecule has 0 aromatic heterocycles. The van der Waals surface area contributed by atoms with Gasteiger partial charge in [0.05, 0.1) is 26.2 Å². The number of rotatable bonds is 7. The molecule has 20 heavy (non-hydrogen) atoms. The summed E-state index contributed by atoms with van der Waals surface area (Å²) in [6.45, 7) is 1.27. The molecule has 0 bridgehead atoms. The summed E-state index contributed by atoms with van der Waals surface area (Å²) in [4.78, 5) is 13.2. The summed E-state index contributed by atoms with van der Waals surface area (Å²) >= 11 is 0. The summed E-state index contributed by atoms with van der Waals surface area (Å²) in [6, 6.07) is 0. The second-order valence-corrected chi connectivity index (χ2v) is 4.59. The van der Waals surface area contributed by atoms with E-state index in [9.17, 15) is 18.0 Å². The highest BCUT2D eigenvalue weighted by Gasteiger charge is 2.27. The molecule has 8 heteroatoms. The maximum absolute atomic E-state index is 11.8. The van der Waals surface area contributed by atoms with Crippen molar-refractivity contribution in [1.82, 2.24) is 4.90 Å². The fraction of sp³-hybridized carbons (Fsp3) is 0.917. The van der Waals surface area contributed by atoms with E-state index in [0.717, 1.165) is 0 Å². The average molecular weight is 299 g/mol. The summed E-state index contributed by atoms with van der Waals surface area (Å²) in [7, 11) is 1.32. The number of methoxy groups -OCH3 is 1. The third-order valence-corrected chi connectivity index (χ3v) is 2.87. The Morgan fingerprint density at radius 1 is 1.45 bits per heavy atom. The quantitative estimate of drug-likeness (QED) is 0.522. The number of morpholine rings is 1. The molecular weight excluding hydrogens is 279 g/mol. The van der Waals surface area contributed by atoms with Gasteiger partial charge in [-0.2, -0.15) is 13.2 Å². The Morgan fingerprint density at radius 3 is 2.85 bits per heavy atom. The molecule has 1 unspecified atom stereocenters. The first-order valence-corrected chi connectivity index (χ1v) is 6.46. The van der Waals surface area contributed by atoms with Crippen LogP contribution in [0.25, 0.3) is 0 Å². The standard InChI is InChI=1S/C12H20F3NO4/c1-18-11(17)7-10-8-16(4-6-20-10)3-2-5-19-9-12(13,14)15/h10H,2-9H2,1H3. The number of carbonyl (C=O) groups excluding carboxylic acids is 1. The lowest BCUT2D eigenvalue weighted by Crippen LogP contribution is -2.43. The first-order valence-electron chi connectivity index (χ1n) is 6.46. The van der Waals surface area contributed by atoms with Gasteiger partial charge < -0.3 is 14.2 Å². The van der Waals surface area contributed by atoms with E-state index in [-0.39, 0.29) is 25.1 Å². The van der Waals surface area contributed by atoms with Gasteiger partial charge in [-0.25, -0.2) is 0 Å². The summed E-state index contributed by atoms with van der Waals surface area (Å²) < 4.78 is 50.1. The van der Waals surface area contributed by atoms with Crippen molar-refractivity contribution in [3.05, 3.63) is 0 Å². The first kappa shape index (κ1) is 17.2. The highest BCUT2D eigenvalue weighted by Crippen LogP contribution is 2.14. The van der Waals surface area contributed by atoms with Gasteiger partial charge in [0.1, 0.15) is 6.61 Å². The number of hydrogen-bond acceptors (Lipinski definition) is 5. The van der Waals surface area contributed by atoms with Crippen LogP contribution in [0.5, 0.6) is 0 Å². The van der Waals surface area contributed by atoms with E-state index < -0.39 is 12.8 Å². The van der Waals surface area contributed by atoms with E-state index in [1.165, 1.54) is 7.11 Å². The molecule has 1 rings (SSSR count). The third-order valence-electron chi connectivity index (χ3n) is 2.87. The second-order valence-electron chi connectivity index (χ2n) is 4.59. The first-order chi connectivity index (χ1) is 9.40. The highest BCUT2D eigenvalue weighted by atomic mass is 19.4. The minimum atomic E-state index is -4.27. The second kappa shape index (κ2) is 8.43. The van der Waals surface area contributed by atoms with Crippen molar-refractivity contribution >= 4 is 5.97 Å². The van der Waals surface area contributed by atoms with Gasteiger partial charge in [-0.1, -0.05) is 0 Å². The van der Waals surface area contributed by atoms with Gasteiger partial charge in [0.15, 0.2) is 0 Å². The average Bonchev–Trinajstić information content (AvgIpc) is 2.37. The van der Waals surface area contributed by atoms with Gasteiger partial charge in [0, 0.05) is 26.2 Å². The molecule has 1 aliphatic rings. The lowest BCUT2D eigenvalue weighted by Gasteiger charge is -2.32. The van der Waals surface area contributed by atoms with Crippen molar-refractivity contribution in [2.75, 3.05) is 46.6 Å². The smallest absolute Gasteiger partial charge is 0.411 e. The third kappa shape index (κ3) is 7.66. The number of nitrogens with zero attached hydrogens (tertiary/aromatic N) is 1. The van der Waals surface area contributed by atoms with Gasteiger partial charge in [-0.15, -0.1) is 0 Å². The van der Waals surface area contributed by atoms with E-state index in [1.54, 1.807) is 0 Å². The fourth-order valence-corrected chi connectivity index (χ4v) is 1.95. The summed E-state index contributed by atoms with van der Waals surface area (Å²) in [6.07, 6.45) is -3.78. The molecule has 0 aromatic rings. The van der Waals surface area contributed by atoms with Crippen molar-refractivity contribution in [3.8, 4) is 0 Å². The molecule has 0 N–H and O–H groups in total. The van der Waals surface area contributed by atoms with Gasteiger partial charge in [0.25, 0.3) is 0 Å². The normalized spacial score (nSPS) is 20.9. The van der Waals surface area contributed by atoms with Gasteiger partial charge >= 0.3 is 12.1 Å². The zero-order chi connectivity index (χ0) is 15.0. The molecule has 1 atom stereocenters. The van der Waals surface area contributed by atoms with Gasteiger partial charge in [-0.3, -0.25) is 9.69 Å². The number of halogens is 3. The van der Waals surface area contributed by atoms with E-state index in [2.05, 4.69) is 9.47 Å². The van der Waals surface area contributed by atoms with E-state index in [0.29, 0.717) is 32.7 Å². The number of hydrogen-bond donors (Lipinski definition) is 0. The maximum Gasteiger partial charge on any atom is 0.411 e. The molecule has 0 aromatic carbocycles. The molecule has 118 valence electrons. The zero-order valence-electron chi connectivity index (χ0n) is 11.4. The Kier molecular flexibility index (Phi) is 7.25. The number of carbonyl (C=O) groups is 1. The molecule has 1 fully saturated rings. The van der Waals surface area contributed by atoms with Crippen LogP contribution in [0, 0.1) is 0 Å². The molecule has 1 saturated heterocycles. The van der Waals surface area contributed by atoms with Crippen LogP contribution in [-0.2, 0) is 19.0 Å². The highest BCUT2D eigenvalue weighted by molar-refractivity contribution is 5.69. The minimum absolute atomic E-state index is 0.0680. The molecular formula is C12H20F3NO4. The van der Waals surface area contributed by atoms with Crippen molar-refractivity contribution in [2.45, 2.75) is 25.1 Å². The van der Waals surface area contributed by atoms with Crippen LogP contribution in [-0.4, -0.2) is 69.7 Å². The Bertz CT molecular complexity index is 299. The predicted molar refractivity (Wildman–Crippen MR) is 64.3 cm³/mol. The minimum Gasteiger partial charge on any atom is -0.469 e. The molecule has 0 spiro atoms. The molecule has 0 aliphatic carbocycles. The number of esters is 1. The van der Waals surface area contributed by atoms with Crippen molar-refractivity contribution in [2.24, 2.45) is 0 Å². The molecule has 1 aliphatic heterocycles. The topological polar surface area (TPSA) is 48.0 Å². The van der Waals surface area contributed by atoms with Crippen LogP contribution in [0.15, 0.2) is 0 Å². The van der Waals surface area contributed by atoms with E-state index in [1.807, 2.05) is 4.90 Å². The number of alkyl halides is 3. The molecule has 0 radical (unpaired) electrons. The monoisotopic (exact) mass is 299 g/mol. The largest absolute Gasteiger partial charge is 0.469 e. The zero-order valence-corrected chi connectivity index (χ0v) is 11.4. The summed E-state index contributed by atoms with van der Waals surface area (Å²) in [5.41, 5.74) is 0. The van der Waals surface area contributed by atoms with Crippen molar-refractivity contribution in [3.63, 3.8) is 0 Å². The lowest BCUT2D eigenvalue weighted by molar-refractivity contribution is -0.174. The Morgan fingerprint density at radius 2 is 2.20 bits per heavy atom. The maximum atomic E-state index is 11.8. The molecule has 0 saturated carbocycles. The van der Waals surface area contributed by atoms with Crippen LogP contribution in [0.2, 0.25) is 0 Å². The SMILES string of the molecule is COC(=O)CC1CN(CCCOCC(F)(F)F)CCO1. The molecule has 1 heterocycles. The van der Waals surface area contributed by atoms with Crippen LogP contribution in [0.1, 0.15) is 12.8 Å². The van der Waals surface area contributed by atoms with Gasteiger partial charge in [-0.05, 0) is 6.42 Å². The van der Waals surface area contributed by atoms with Crippen LogP contribution in [0.3, 0.4) is 0 Å². The van der Waals surface area contributed by atoms with E-state index >= 15 is 0 Å². The van der Waals surface area contributed by atoms with Crippen molar-refractivity contribution < 1.29 is 32.2 Å². The summed E-state index contributed by atoms with van der Waals surface area (Å²) in [5, 5.41) is 0. The fourth-order valence-electron chi connectivity index (χ4n) is 1.95. The van der Waals surface area contributed by atoms with Crippen LogP contribution < -0.4 is 0 Å². The van der Waals surface area contributed by atoms with Gasteiger partial charge in [0.2, 0.25) is 0 Å². The predicted octanol–water partition coefficient (Wildman–Crippen LogP) is 1.22. The molecule has 5 nitrogen and oxygen atoms in total. The Balaban J connectivity index is 2.13. The Hall–Kier alpha value is -0.860. The van der Waals surface area contributed by atoms with Crippen molar-refractivity contribution in [1.29, 1.82) is 0 Å². The number of ether oxygens (including phenoxy) is 3. The molecule has 0 amide bonds. The van der Waals surface area contributed by atoms with E-state index in [4.69, 9.17) is 4.74 Å². The van der Waals surface area contributed by atoms with Crippen LogP contribution >= 0.6 is 0 Å².